The lowest BCUT2D eigenvalue weighted by atomic mass is 10.3. The van der Waals surface area contributed by atoms with E-state index in [1.165, 1.54) is 0 Å². The molecule has 0 aliphatic carbocycles. The van der Waals surface area contributed by atoms with Crippen LogP contribution in [0, 0.1) is 6.92 Å². The molecule has 1 aliphatic heterocycles. The lowest BCUT2D eigenvalue weighted by molar-refractivity contribution is -0.130. The molecule has 1 aromatic rings. The van der Waals surface area contributed by atoms with Crippen molar-refractivity contribution in [3.8, 4) is 0 Å². The number of carbonyl (C=O) groups excluding carboxylic acids is 1. The number of aromatic nitrogens is 1. The Balaban J connectivity index is 1.91. The van der Waals surface area contributed by atoms with Gasteiger partial charge in [0.25, 0.3) is 0 Å². The standard InChI is InChI=1S/C11H17N3O2/c1-9-8-16-10(13-9)7-11(15)14-5-2-3-12-4-6-14/h8,12H,2-7H2,1H3. The van der Waals surface area contributed by atoms with Gasteiger partial charge in [0.15, 0.2) is 0 Å². The van der Waals surface area contributed by atoms with E-state index in [9.17, 15) is 4.79 Å². The summed E-state index contributed by atoms with van der Waals surface area (Å²) in [5, 5.41) is 3.27. The van der Waals surface area contributed by atoms with E-state index >= 15 is 0 Å². The summed E-state index contributed by atoms with van der Waals surface area (Å²) in [6.07, 6.45) is 2.86. The summed E-state index contributed by atoms with van der Waals surface area (Å²) in [6.45, 7) is 5.32. The van der Waals surface area contributed by atoms with Crippen LogP contribution >= 0.6 is 0 Å². The molecule has 2 rings (SSSR count). The summed E-state index contributed by atoms with van der Waals surface area (Å²) in [5.41, 5.74) is 0.820. The number of nitrogens with zero attached hydrogens (tertiary/aromatic N) is 2. The van der Waals surface area contributed by atoms with E-state index in [-0.39, 0.29) is 12.3 Å². The summed E-state index contributed by atoms with van der Waals surface area (Å²) in [5.74, 6) is 0.616. The maximum absolute atomic E-state index is 11.9. The van der Waals surface area contributed by atoms with Crippen molar-refractivity contribution >= 4 is 5.91 Å². The zero-order valence-corrected chi connectivity index (χ0v) is 9.53. The molecule has 1 amide bonds. The van der Waals surface area contributed by atoms with Gasteiger partial charge in [0.2, 0.25) is 11.8 Å². The summed E-state index contributed by atoms with van der Waals surface area (Å²) < 4.78 is 5.18. The average Bonchev–Trinajstić information content (AvgIpc) is 2.56. The van der Waals surface area contributed by atoms with E-state index in [1.54, 1.807) is 6.26 Å². The van der Waals surface area contributed by atoms with Crippen LogP contribution < -0.4 is 5.32 Å². The van der Waals surface area contributed by atoms with Crippen LogP contribution in [0.15, 0.2) is 10.7 Å². The Bertz CT molecular complexity index is 354. The van der Waals surface area contributed by atoms with E-state index in [0.717, 1.165) is 38.3 Å². The van der Waals surface area contributed by atoms with Crippen molar-refractivity contribution in [2.75, 3.05) is 26.2 Å². The molecule has 0 atom stereocenters. The minimum absolute atomic E-state index is 0.102. The van der Waals surface area contributed by atoms with Gasteiger partial charge >= 0.3 is 0 Å². The zero-order chi connectivity index (χ0) is 11.4. The Morgan fingerprint density at radius 2 is 2.44 bits per heavy atom. The van der Waals surface area contributed by atoms with Gasteiger partial charge < -0.3 is 14.6 Å². The summed E-state index contributed by atoms with van der Waals surface area (Å²) in [7, 11) is 0. The Hall–Kier alpha value is -1.36. The number of carbonyl (C=O) groups is 1. The van der Waals surface area contributed by atoms with Gasteiger partial charge in [-0.3, -0.25) is 4.79 Å². The number of oxazole rings is 1. The Kier molecular flexibility index (Phi) is 3.56. The Labute approximate surface area is 94.8 Å². The SMILES string of the molecule is Cc1coc(CC(=O)N2CCCNCC2)n1. The van der Waals surface area contributed by atoms with Crippen molar-refractivity contribution in [1.82, 2.24) is 15.2 Å². The van der Waals surface area contributed by atoms with Crippen molar-refractivity contribution in [3.05, 3.63) is 17.8 Å². The van der Waals surface area contributed by atoms with Gasteiger partial charge in [0.1, 0.15) is 12.7 Å². The second-order valence-corrected chi connectivity index (χ2v) is 4.04. The topological polar surface area (TPSA) is 58.4 Å². The Morgan fingerprint density at radius 3 is 3.19 bits per heavy atom. The molecule has 0 spiro atoms. The number of hydrogen-bond acceptors (Lipinski definition) is 4. The van der Waals surface area contributed by atoms with Gasteiger partial charge in [0.05, 0.1) is 5.69 Å². The second kappa shape index (κ2) is 5.12. The molecule has 2 heterocycles. The van der Waals surface area contributed by atoms with E-state index in [1.807, 2.05) is 11.8 Å². The first-order valence-corrected chi connectivity index (χ1v) is 5.65. The Morgan fingerprint density at radius 1 is 1.56 bits per heavy atom. The van der Waals surface area contributed by atoms with Crippen LogP contribution in [0.5, 0.6) is 0 Å². The molecule has 0 radical (unpaired) electrons. The van der Waals surface area contributed by atoms with Crippen molar-refractivity contribution in [1.29, 1.82) is 0 Å². The first-order chi connectivity index (χ1) is 7.75. The molecule has 0 aromatic carbocycles. The van der Waals surface area contributed by atoms with Crippen LogP contribution in [-0.4, -0.2) is 42.0 Å². The number of nitrogens with one attached hydrogen (secondary N) is 1. The maximum atomic E-state index is 11.9. The van der Waals surface area contributed by atoms with Crippen LogP contribution in [0.25, 0.3) is 0 Å². The zero-order valence-electron chi connectivity index (χ0n) is 9.53. The minimum atomic E-state index is 0.102. The van der Waals surface area contributed by atoms with Gasteiger partial charge in [-0.25, -0.2) is 4.98 Å². The molecule has 1 aliphatic rings. The van der Waals surface area contributed by atoms with E-state index < -0.39 is 0 Å². The molecule has 1 saturated heterocycles. The van der Waals surface area contributed by atoms with Crippen molar-refractivity contribution in [3.63, 3.8) is 0 Å². The van der Waals surface area contributed by atoms with Crippen LogP contribution in [0.2, 0.25) is 0 Å². The van der Waals surface area contributed by atoms with Crippen LogP contribution in [0.1, 0.15) is 18.0 Å². The van der Waals surface area contributed by atoms with E-state index in [4.69, 9.17) is 4.42 Å². The number of aryl methyl sites for hydroxylation is 1. The average molecular weight is 223 g/mol. The quantitative estimate of drug-likeness (QED) is 0.786. The number of amides is 1. The predicted molar refractivity (Wildman–Crippen MR) is 59.0 cm³/mol. The van der Waals surface area contributed by atoms with E-state index in [2.05, 4.69) is 10.3 Å². The predicted octanol–water partition coefficient (Wildman–Crippen LogP) is 0.347. The highest BCUT2D eigenvalue weighted by atomic mass is 16.3. The largest absolute Gasteiger partial charge is 0.448 e. The molecule has 0 unspecified atom stereocenters. The first kappa shape index (κ1) is 11.1. The molecule has 88 valence electrons. The molecule has 16 heavy (non-hydrogen) atoms. The third-order valence-corrected chi connectivity index (χ3v) is 2.66. The van der Waals surface area contributed by atoms with Crippen molar-refractivity contribution in [2.45, 2.75) is 19.8 Å². The monoisotopic (exact) mass is 223 g/mol. The summed E-state index contributed by atoms with van der Waals surface area (Å²) >= 11 is 0. The van der Waals surface area contributed by atoms with Crippen molar-refractivity contribution in [2.24, 2.45) is 0 Å². The van der Waals surface area contributed by atoms with Gasteiger partial charge in [-0.15, -0.1) is 0 Å². The van der Waals surface area contributed by atoms with Crippen LogP contribution in [-0.2, 0) is 11.2 Å². The lowest BCUT2D eigenvalue weighted by Crippen LogP contribution is -2.35. The highest BCUT2D eigenvalue weighted by Gasteiger charge is 2.17. The van der Waals surface area contributed by atoms with Crippen LogP contribution in [0.4, 0.5) is 0 Å². The minimum Gasteiger partial charge on any atom is -0.448 e. The molecule has 0 bridgehead atoms. The lowest BCUT2D eigenvalue weighted by Gasteiger charge is -2.18. The molecule has 5 heteroatoms. The fourth-order valence-electron chi connectivity index (χ4n) is 1.82. The number of rotatable bonds is 2. The van der Waals surface area contributed by atoms with Gasteiger partial charge in [-0.05, 0) is 19.9 Å². The van der Waals surface area contributed by atoms with Crippen LogP contribution in [0.3, 0.4) is 0 Å². The summed E-state index contributed by atoms with van der Waals surface area (Å²) in [4.78, 5) is 17.9. The van der Waals surface area contributed by atoms with Crippen molar-refractivity contribution < 1.29 is 9.21 Å². The second-order valence-electron chi connectivity index (χ2n) is 4.04. The summed E-state index contributed by atoms with van der Waals surface area (Å²) in [6, 6.07) is 0. The normalized spacial score (nSPS) is 17.2. The highest BCUT2D eigenvalue weighted by molar-refractivity contribution is 5.77. The van der Waals surface area contributed by atoms with E-state index in [0.29, 0.717) is 5.89 Å². The third-order valence-electron chi connectivity index (χ3n) is 2.66. The fourth-order valence-corrected chi connectivity index (χ4v) is 1.82. The highest BCUT2D eigenvalue weighted by Crippen LogP contribution is 2.05. The van der Waals surface area contributed by atoms with Gasteiger partial charge in [-0.2, -0.15) is 0 Å². The number of hydrogen-bond donors (Lipinski definition) is 1. The molecule has 0 saturated carbocycles. The third kappa shape index (κ3) is 2.82. The smallest absolute Gasteiger partial charge is 0.231 e. The molecule has 1 N–H and O–H groups in total. The first-order valence-electron chi connectivity index (χ1n) is 5.65. The molecule has 1 fully saturated rings. The maximum Gasteiger partial charge on any atom is 0.231 e. The molecule has 5 nitrogen and oxygen atoms in total. The molecular formula is C11H17N3O2. The fraction of sp³-hybridized carbons (Fsp3) is 0.636. The van der Waals surface area contributed by atoms with Gasteiger partial charge in [-0.1, -0.05) is 0 Å². The molecular weight excluding hydrogens is 206 g/mol. The van der Waals surface area contributed by atoms with Gasteiger partial charge in [0, 0.05) is 19.6 Å². The molecule has 1 aromatic heterocycles.